The van der Waals surface area contributed by atoms with E-state index < -0.39 is 0 Å². The summed E-state index contributed by atoms with van der Waals surface area (Å²) in [5.41, 5.74) is 0. The summed E-state index contributed by atoms with van der Waals surface area (Å²) in [6.07, 6.45) is 0. The van der Waals surface area contributed by atoms with Crippen LogP contribution < -0.4 is 4.74 Å². The van der Waals surface area contributed by atoms with E-state index >= 15 is 0 Å². The maximum atomic E-state index is 5.95. The van der Waals surface area contributed by atoms with Crippen molar-refractivity contribution in [3.05, 3.63) is 51.1 Å². The van der Waals surface area contributed by atoms with Gasteiger partial charge in [-0.25, -0.2) is 0 Å². The summed E-state index contributed by atoms with van der Waals surface area (Å²) >= 11 is 20.9. The predicted molar refractivity (Wildman–Crippen MR) is 99.2 cm³/mol. The fourth-order valence-electron chi connectivity index (χ4n) is 1.31. The van der Waals surface area contributed by atoms with Crippen LogP contribution in [0.3, 0.4) is 0 Å². The molecule has 0 aromatic heterocycles. The van der Waals surface area contributed by atoms with Crippen LogP contribution in [0.25, 0.3) is 0 Å². The lowest BCUT2D eigenvalue weighted by molar-refractivity contribution is 0.473. The monoisotopic (exact) mass is 650 g/mol. The van der Waals surface area contributed by atoms with Crippen LogP contribution in [0.4, 0.5) is 0 Å². The Kier molecular flexibility index (Phi) is 6.01. The van der Waals surface area contributed by atoms with Gasteiger partial charge in [0, 0.05) is 13.4 Å². The van der Waals surface area contributed by atoms with Gasteiger partial charge in [-0.15, -0.1) is 0 Å². The first-order valence-corrected chi connectivity index (χ1v) is 9.62. The van der Waals surface area contributed by atoms with Crippen molar-refractivity contribution in [2.75, 3.05) is 0 Å². The van der Waals surface area contributed by atoms with Gasteiger partial charge in [-0.05, 0) is 104 Å². The van der Waals surface area contributed by atoms with Crippen molar-refractivity contribution < 1.29 is 4.74 Å². The zero-order valence-electron chi connectivity index (χ0n) is 8.99. The van der Waals surface area contributed by atoms with E-state index in [-0.39, 0.29) is 0 Å². The second-order valence-electron chi connectivity index (χ2n) is 3.47. The highest BCUT2D eigenvalue weighted by molar-refractivity contribution is 9.14. The minimum absolute atomic E-state index is 0.707. The molecule has 0 fully saturated rings. The number of hydrogen-bond donors (Lipinski definition) is 0. The van der Waals surface area contributed by atoms with Gasteiger partial charge >= 0.3 is 0 Å². The van der Waals surface area contributed by atoms with Gasteiger partial charge in [0.1, 0.15) is 5.75 Å². The molecule has 2 rings (SSSR count). The lowest BCUT2D eigenvalue weighted by Crippen LogP contribution is -1.90. The Morgan fingerprint density at radius 1 is 0.684 bits per heavy atom. The second kappa shape index (κ2) is 6.92. The van der Waals surface area contributed by atoms with E-state index in [1.54, 1.807) is 0 Å². The molecule has 7 heteroatoms. The zero-order chi connectivity index (χ0) is 14.2. The molecule has 2 aromatic rings. The van der Waals surface area contributed by atoms with E-state index in [0.717, 1.165) is 32.6 Å². The van der Waals surface area contributed by atoms with Gasteiger partial charge < -0.3 is 4.74 Å². The van der Waals surface area contributed by atoms with Crippen molar-refractivity contribution in [1.29, 1.82) is 0 Å². The first-order chi connectivity index (χ1) is 8.90. The van der Waals surface area contributed by atoms with E-state index in [0.29, 0.717) is 5.75 Å². The molecule has 0 saturated heterocycles. The Balaban J connectivity index is 2.47. The normalized spacial score (nSPS) is 10.6. The molecule has 100 valence electrons. The molecule has 19 heavy (non-hydrogen) atoms. The van der Waals surface area contributed by atoms with Crippen LogP contribution in [0.5, 0.6) is 11.5 Å². The summed E-state index contributed by atoms with van der Waals surface area (Å²) in [7, 11) is 0. The molecule has 0 aliphatic carbocycles. The average Bonchev–Trinajstić information content (AvgIpc) is 2.34. The van der Waals surface area contributed by atoms with E-state index in [2.05, 4.69) is 95.6 Å². The molecule has 0 radical (unpaired) electrons. The van der Waals surface area contributed by atoms with E-state index in [9.17, 15) is 0 Å². The van der Waals surface area contributed by atoms with Crippen LogP contribution in [-0.4, -0.2) is 0 Å². The minimum Gasteiger partial charge on any atom is -0.454 e. The largest absolute Gasteiger partial charge is 0.454 e. The van der Waals surface area contributed by atoms with Crippen LogP contribution in [0.2, 0.25) is 0 Å². The summed E-state index contributed by atoms with van der Waals surface area (Å²) in [6, 6.07) is 7.68. The minimum atomic E-state index is 0.707. The first-order valence-electron chi connectivity index (χ1n) is 4.86. The van der Waals surface area contributed by atoms with Crippen LogP contribution in [0.1, 0.15) is 0 Å². The highest BCUT2D eigenvalue weighted by Crippen LogP contribution is 2.45. The molecular weight excluding hydrogens is 651 g/mol. The standard InChI is InChI=1S/C12H4Br6O/c13-5-1-2-9(6(14)3-5)19-12-8(16)4-7(15)10(17)11(12)18/h1-4H/i1+1,2+1,3+1,4+1,5+1,6+1,7+1,8+1,9+1,10+1,11+1,12+1. The van der Waals surface area contributed by atoms with Crippen molar-refractivity contribution in [2.24, 2.45) is 0 Å². The van der Waals surface area contributed by atoms with Crippen LogP contribution in [0.15, 0.2) is 51.1 Å². The molecule has 0 amide bonds. The Morgan fingerprint density at radius 3 is 2.00 bits per heavy atom. The fourth-order valence-corrected chi connectivity index (χ4v) is 5.02. The van der Waals surface area contributed by atoms with Crippen molar-refractivity contribution in [3.63, 3.8) is 0 Å². The molecule has 0 spiro atoms. The van der Waals surface area contributed by atoms with Gasteiger partial charge in [0.15, 0.2) is 5.75 Å². The van der Waals surface area contributed by atoms with E-state index in [4.69, 9.17) is 4.74 Å². The molecule has 0 aliphatic heterocycles. The molecular formula is C12H4Br6O. The number of ether oxygens (including phenoxy) is 1. The zero-order valence-corrected chi connectivity index (χ0v) is 18.5. The van der Waals surface area contributed by atoms with Crippen LogP contribution in [-0.2, 0) is 0 Å². The van der Waals surface area contributed by atoms with Gasteiger partial charge in [0.05, 0.1) is 13.4 Å². The third-order valence-electron chi connectivity index (χ3n) is 2.18. The molecule has 0 atom stereocenters. The molecule has 0 saturated carbocycles. The van der Waals surface area contributed by atoms with E-state index in [1.807, 2.05) is 24.3 Å². The van der Waals surface area contributed by atoms with Gasteiger partial charge in [-0.1, -0.05) is 15.9 Å². The quantitative estimate of drug-likeness (QED) is 0.235. The lowest BCUT2D eigenvalue weighted by Gasteiger charge is -2.13. The van der Waals surface area contributed by atoms with E-state index in [1.165, 1.54) is 0 Å². The third kappa shape index (κ3) is 3.86. The van der Waals surface area contributed by atoms with Crippen molar-refractivity contribution in [3.8, 4) is 11.5 Å². The Bertz CT molecular complexity index is 641. The number of halogens is 6. The smallest absolute Gasteiger partial charge is 0.157 e. The summed E-state index contributed by atoms with van der Waals surface area (Å²) in [4.78, 5) is 0. The second-order valence-corrected chi connectivity index (χ2v) is 8.54. The van der Waals surface area contributed by atoms with Crippen LogP contribution >= 0.6 is 95.6 Å². The summed E-state index contributed by atoms with van der Waals surface area (Å²) < 4.78 is 11.3. The summed E-state index contributed by atoms with van der Waals surface area (Å²) in [5.74, 6) is 1.44. The predicted octanol–water partition coefficient (Wildman–Crippen LogP) is 8.05. The van der Waals surface area contributed by atoms with Gasteiger partial charge in [-0.3, -0.25) is 0 Å². The number of benzene rings is 2. The van der Waals surface area contributed by atoms with Crippen molar-refractivity contribution >= 4 is 95.6 Å². The molecule has 2 aromatic carbocycles. The molecule has 0 bridgehead atoms. The van der Waals surface area contributed by atoms with Gasteiger partial charge in [0.25, 0.3) is 0 Å². The Labute approximate surface area is 161 Å². The van der Waals surface area contributed by atoms with Gasteiger partial charge in [-0.2, -0.15) is 0 Å². The molecule has 0 heterocycles. The Hall–Kier alpha value is 1.12. The number of hydrogen-bond acceptors (Lipinski definition) is 1. The molecule has 0 unspecified atom stereocenters. The molecule has 1 nitrogen and oxygen atoms in total. The SMILES string of the molecule is Br[13c]1[13cH][13cH][13c](O[13c]2[13c](Br)[13cH][13c](Br)[13c](Br)[13c]2Br)[13c](Br)[13cH]1. The van der Waals surface area contributed by atoms with Gasteiger partial charge in [0.2, 0.25) is 0 Å². The maximum Gasteiger partial charge on any atom is 0.157 e. The molecule has 0 N–H and O–H groups in total. The average molecular weight is 655 g/mol. The maximum absolute atomic E-state index is 5.95. The highest BCUT2D eigenvalue weighted by atomic mass is 79.9. The lowest BCUT2D eigenvalue weighted by atomic mass is 11.3. The number of rotatable bonds is 2. The highest BCUT2D eigenvalue weighted by Gasteiger charge is 2.15. The van der Waals surface area contributed by atoms with Crippen molar-refractivity contribution in [2.45, 2.75) is 0 Å². The first kappa shape index (κ1) is 16.5. The third-order valence-corrected chi connectivity index (χ3v) is 7.15. The Morgan fingerprint density at radius 2 is 1.37 bits per heavy atom. The van der Waals surface area contributed by atoms with Crippen molar-refractivity contribution in [1.82, 2.24) is 0 Å². The summed E-state index contributed by atoms with van der Waals surface area (Å²) in [5, 5.41) is 0. The van der Waals surface area contributed by atoms with Crippen LogP contribution in [0, 0.1) is 0 Å². The fraction of sp³-hybridized carbons (Fsp3) is 0. The topological polar surface area (TPSA) is 9.23 Å². The summed E-state index contributed by atoms with van der Waals surface area (Å²) in [6.45, 7) is 0. The molecule has 0 aliphatic rings.